The van der Waals surface area contributed by atoms with E-state index in [0.29, 0.717) is 17.9 Å². The molecule has 1 aliphatic heterocycles. The summed E-state index contributed by atoms with van der Waals surface area (Å²) in [6, 6.07) is 3.20. The number of carbonyl (C=O) groups excluding carboxylic acids is 1. The minimum Gasteiger partial charge on any atom is -0.395 e. The van der Waals surface area contributed by atoms with Crippen LogP contribution in [0.3, 0.4) is 0 Å². The van der Waals surface area contributed by atoms with Crippen molar-refractivity contribution in [2.75, 3.05) is 17.6 Å². The molecular formula is C11H13N5O. The second-order valence-corrected chi connectivity index (χ2v) is 3.86. The zero-order chi connectivity index (χ0) is 12.3. The fourth-order valence-electron chi connectivity index (χ4n) is 1.76. The predicted octanol–water partition coefficient (Wildman–Crippen LogP) is 0.226. The molecule has 1 unspecified atom stereocenters. The Kier molecular flexibility index (Phi) is 3.10. The highest BCUT2D eigenvalue weighted by Crippen LogP contribution is 2.21. The van der Waals surface area contributed by atoms with E-state index < -0.39 is 0 Å². The number of piperidine rings is 1. The number of nitrogens with two attached hydrogens (primary N) is 1. The van der Waals surface area contributed by atoms with Crippen molar-refractivity contribution in [3.63, 3.8) is 0 Å². The second-order valence-electron chi connectivity index (χ2n) is 3.86. The molecule has 6 heteroatoms. The molecule has 1 amide bonds. The maximum Gasteiger partial charge on any atom is 0.242 e. The first-order chi connectivity index (χ1) is 8.22. The van der Waals surface area contributed by atoms with Gasteiger partial charge in [0.05, 0.1) is 11.3 Å². The molecule has 88 valence electrons. The van der Waals surface area contributed by atoms with Crippen molar-refractivity contribution in [2.45, 2.75) is 18.9 Å². The number of hydrogen-bond acceptors (Lipinski definition) is 5. The largest absolute Gasteiger partial charge is 0.395 e. The van der Waals surface area contributed by atoms with Gasteiger partial charge in [0.25, 0.3) is 0 Å². The second kappa shape index (κ2) is 4.70. The van der Waals surface area contributed by atoms with Gasteiger partial charge in [0, 0.05) is 12.7 Å². The summed E-state index contributed by atoms with van der Waals surface area (Å²) in [4.78, 5) is 15.6. The highest BCUT2D eigenvalue weighted by Gasteiger charge is 2.22. The van der Waals surface area contributed by atoms with Crippen LogP contribution in [0.5, 0.6) is 0 Å². The summed E-state index contributed by atoms with van der Waals surface area (Å²) in [5.74, 6) is 0.339. The number of nitrogens with zero attached hydrogens (tertiary/aromatic N) is 2. The van der Waals surface area contributed by atoms with E-state index in [1.807, 2.05) is 6.07 Å². The van der Waals surface area contributed by atoms with Crippen LogP contribution < -0.4 is 16.4 Å². The Hall–Kier alpha value is -2.29. The Balaban J connectivity index is 2.18. The number of nitrogen functional groups attached to an aromatic ring is 1. The molecule has 0 spiro atoms. The topological polar surface area (TPSA) is 104 Å². The van der Waals surface area contributed by atoms with Crippen LogP contribution in [0.1, 0.15) is 18.4 Å². The normalized spacial score (nSPS) is 19.2. The summed E-state index contributed by atoms with van der Waals surface area (Å²) in [6.07, 6.45) is 3.16. The molecule has 0 aliphatic carbocycles. The molecule has 17 heavy (non-hydrogen) atoms. The number of nitriles is 1. The van der Waals surface area contributed by atoms with E-state index in [4.69, 9.17) is 11.0 Å². The Morgan fingerprint density at radius 2 is 2.47 bits per heavy atom. The molecule has 1 aromatic heterocycles. The van der Waals surface area contributed by atoms with Gasteiger partial charge in [0.2, 0.25) is 5.91 Å². The molecule has 0 aromatic carbocycles. The quantitative estimate of drug-likeness (QED) is 0.675. The average molecular weight is 231 g/mol. The van der Waals surface area contributed by atoms with Crippen LogP contribution in [0.4, 0.5) is 11.5 Å². The van der Waals surface area contributed by atoms with E-state index in [0.717, 1.165) is 12.8 Å². The van der Waals surface area contributed by atoms with Gasteiger partial charge in [-0.3, -0.25) is 4.79 Å². The molecular weight excluding hydrogens is 218 g/mol. The number of pyridine rings is 1. The predicted molar refractivity (Wildman–Crippen MR) is 63.0 cm³/mol. The summed E-state index contributed by atoms with van der Waals surface area (Å²) in [7, 11) is 0. The lowest BCUT2D eigenvalue weighted by atomic mass is 10.1. The lowest BCUT2D eigenvalue weighted by Crippen LogP contribution is -2.44. The smallest absolute Gasteiger partial charge is 0.242 e. The van der Waals surface area contributed by atoms with Gasteiger partial charge in [-0.25, -0.2) is 4.98 Å². The van der Waals surface area contributed by atoms with Gasteiger partial charge < -0.3 is 16.4 Å². The molecule has 4 N–H and O–H groups in total. The number of rotatable bonds is 2. The number of nitrogens with one attached hydrogen (secondary N) is 2. The first-order valence-corrected chi connectivity index (χ1v) is 5.41. The summed E-state index contributed by atoms with van der Waals surface area (Å²) in [6.45, 7) is 0.707. The zero-order valence-electron chi connectivity index (χ0n) is 9.23. The van der Waals surface area contributed by atoms with Crippen molar-refractivity contribution in [1.82, 2.24) is 10.3 Å². The minimum absolute atomic E-state index is 0.0557. The van der Waals surface area contributed by atoms with Crippen molar-refractivity contribution in [3.8, 4) is 6.07 Å². The first-order valence-electron chi connectivity index (χ1n) is 5.41. The number of amides is 1. The molecule has 1 aromatic rings. The molecule has 0 saturated carbocycles. The molecule has 2 rings (SSSR count). The van der Waals surface area contributed by atoms with Crippen molar-refractivity contribution < 1.29 is 4.79 Å². The summed E-state index contributed by atoms with van der Waals surface area (Å²) < 4.78 is 0. The molecule has 2 heterocycles. The third-order valence-electron chi connectivity index (χ3n) is 2.71. The van der Waals surface area contributed by atoms with E-state index in [2.05, 4.69) is 15.6 Å². The SMILES string of the molecule is N#Cc1ccnc(NC2CCCNC2=O)c1N. The Morgan fingerprint density at radius 3 is 3.18 bits per heavy atom. The lowest BCUT2D eigenvalue weighted by molar-refractivity contribution is -0.123. The van der Waals surface area contributed by atoms with Crippen LogP contribution in [0.25, 0.3) is 0 Å². The fourth-order valence-corrected chi connectivity index (χ4v) is 1.76. The van der Waals surface area contributed by atoms with Crippen molar-refractivity contribution >= 4 is 17.4 Å². The van der Waals surface area contributed by atoms with Gasteiger partial charge in [-0.1, -0.05) is 0 Å². The molecule has 1 atom stereocenters. The highest BCUT2D eigenvalue weighted by molar-refractivity contribution is 5.86. The van der Waals surface area contributed by atoms with Gasteiger partial charge in [-0.15, -0.1) is 0 Å². The third kappa shape index (κ3) is 2.28. The fraction of sp³-hybridized carbons (Fsp3) is 0.364. The molecule has 1 fully saturated rings. The molecule has 1 saturated heterocycles. The van der Waals surface area contributed by atoms with Crippen molar-refractivity contribution in [1.29, 1.82) is 5.26 Å². The molecule has 1 aliphatic rings. The zero-order valence-corrected chi connectivity index (χ0v) is 9.23. The minimum atomic E-state index is -0.326. The van der Waals surface area contributed by atoms with Crippen molar-refractivity contribution in [3.05, 3.63) is 17.8 Å². The molecule has 0 bridgehead atoms. The van der Waals surface area contributed by atoms with Gasteiger partial charge in [0.15, 0.2) is 5.82 Å². The number of carbonyl (C=O) groups is 1. The highest BCUT2D eigenvalue weighted by atomic mass is 16.2. The van der Waals surface area contributed by atoms with Crippen molar-refractivity contribution in [2.24, 2.45) is 0 Å². The van der Waals surface area contributed by atoms with Gasteiger partial charge in [-0.05, 0) is 18.9 Å². The third-order valence-corrected chi connectivity index (χ3v) is 2.71. The summed E-state index contributed by atoms with van der Waals surface area (Å²) >= 11 is 0. The standard InChI is InChI=1S/C11H13N5O/c12-6-7-3-5-14-10(9(7)13)16-8-2-1-4-15-11(8)17/h3,5,8H,1-2,4,13H2,(H,14,16)(H,15,17). The van der Waals surface area contributed by atoms with Crippen LogP contribution in [-0.4, -0.2) is 23.5 Å². The Labute approximate surface area is 98.8 Å². The lowest BCUT2D eigenvalue weighted by Gasteiger charge is -2.23. The number of hydrogen-bond donors (Lipinski definition) is 3. The Morgan fingerprint density at radius 1 is 1.65 bits per heavy atom. The molecule has 0 radical (unpaired) electrons. The van der Waals surface area contributed by atoms with E-state index in [9.17, 15) is 4.79 Å². The average Bonchev–Trinajstić information content (AvgIpc) is 2.34. The maximum atomic E-state index is 11.6. The molecule has 6 nitrogen and oxygen atoms in total. The van der Waals surface area contributed by atoms with Gasteiger partial charge in [-0.2, -0.15) is 5.26 Å². The van der Waals surface area contributed by atoms with E-state index in [1.54, 1.807) is 6.07 Å². The summed E-state index contributed by atoms with van der Waals surface area (Å²) in [5.41, 5.74) is 6.42. The Bertz CT molecular complexity index is 479. The van der Waals surface area contributed by atoms with Crippen LogP contribution in [0.2, 0.25) is 0 Å². The van der Waals surface area contributed by atoms with Crippen LogP contribution in [0.15, 0.2) is 12.3 Å². The summed E-state index contributed by atoms with van der Waals surface area (Å²) in [5, 5.41) is 14.6. The van der Waals surface area contributed by atoms with E-state index in [1.165, 1.54) is 6.20 Å². The van der Waals surface area contributed by atoms with Gasteiger partial charge in [0.1, 0.15) is 12.1 Å². The van der Waals surface area contributed by atoms with Gasteiger partial charge >= 0.3 is 0 Å². The monoisotopic (exact) mass is 231 g/mol. The number of aromatic nitrogens is 1. The number of anilines is 2. The van der Waals surface area contributed by atoms with Crippen LogP contribution in [0, 0.1) is 11.3 Å². The maximum absolute atomic E-state index is 11.6. The van der Waals surface area contributed by atoms with Crippen LogP contribution >= 0.6 is 0 Å². The first kappa shape index (κ1) is 11.2. The van der Waals surface area contributed by atoms with E-state index >= 15 is 0 Å². The van der Waals surface area contributed by atoms with Crippen LogP contribution in [-0.2, 0) is 4.79 Å². The van der Waals surface area contributed by atoms with E-state index in [-0.39, 0.29) is 17.6 Å².